The van der Waals surface area contributed by atoms with Crippen LogP contribution in [0.4, 0.5) is 0 Å². The van der Waals surface area contributed by atoms with Crippen LogP contribution in [0.1, 0.15) is 38.8 Å². The van der Waals surface area contributed by atoms with Gasteiger partial charge in [-0.3, -0.25) is 0 Å². The summed E-state index contributed by atoms with van der Waals surface area (Å²) in [5, 5.41) is 8.08. The van der Waals surface area contributed by atoms with Crippen molar-refractivity contribution in [3.63, 3.8) is 0 Å². The molecule has 0 aliphatic rings. The summed E-state index contributed by atoms with van der Waals surface area (Å²) in [7, 11) is 22.5. The molecule has 0 N–H and O–H groups in total. The minimum atomic E-state index is 0.657. The largest absolute Gasteiger partial charge is 0.242 e. The molecule has 3 heterocycles. The van der Waals surface area contributed by atoms with Crippen LogP contribution in [-0.2, 0) is 0 Å². The monoisotopic (exact) mass is 728 g/mol. The number of hydrogen-bond acceptors (Lipinski definition) is 6. The molecule has 0 saturated carbocycles. The van der Waals surface area contributed by atoms with E-state index in [1.807, 2.05) is 27.7 Å². The minimum absolute atomic E-state index is 0.657. The second kappa shape index (κ2) is 13.3. The van der Waals surface area contributed by atoms with Crippen LogP contribution < -0.4 is 42.4 Å². The maximum absolute atomic E-state index is 5.22. The van der Waals surface area contributed by atoms with Crippen molar-refractivity contribution in [3.8, 4) is 0 Å². The van der Waals surface area contributed by atoms with Crippen molar-refractivity contribution in [3.05, 3.63) is 23.3 Å². The first kappa shape index (κ1) is 34.5. The molecule has 0 aliphatic heterocycles. The van der Waals surface area contributed by atoms with Crippen molar-refractivity contribution in [2.75, 3.05) is 0 Å². The molecule has 226 valence electrons. The van der Waals surface area contributed by atoms with Crippen LogP contribution in [0.25, 0.3) is 66.2 Å². The highest BCUT2D eigenvalue weighted by Gasteiger charge is 2.23. The van der Waals surface area contributed by atoms with E-state index in [1.165, 1.54) is 5.56 Å². The van der Waals surface area contributed by atoms with E-state index in [9.17, 15) is 0 Å². The van der Waals surface area contributed by atoms with E-state index in [4.69, 9.17) is 29.9 Å². The van der Waals surface area contributed by atoms with Gasteiger partial charge in [-0.15, -0.1) is 73.9 Å². The molecule has 14 heteroatoms. The van der Waals surface area contributed by atoms with Crippen LogP contribution in [0.5, 0.6) is 0 Å². The first-order chi connectivity index (χ1) is 21.0. The van der Waals surface area contributed by atoms with Gasteiger partial charge in [-0.25, -0.2) is 29.9 Å². The van der Waals surface area contributed by atoms with Gasteiger partial charge in [0.2, 0.25) is 0 Å². The molecular weight excluding hydrogens is 692 g/mol. The maximum Gasteiger partial charge on any atom is 0.120 e. The zero-order valence-corrected chi connectivity index (χ0v) is 34.7. The van der Waals surface area contributed by atoms with Crippen LogP contribution in [0, 0.1) is 13.8 Å². The number of rotatable bonds is 0. The number of nitrogens with zero attached hydrogens (tertiary/aromatic N) is 6. The van der Waals surface area contributed by atoms with Gasteiger partial charge in [-0.05, 0) is 58.3 Å². The average Bonchev–Trinajstić information content (AvgIpc) is 3.04. The SMILES string of the molecule is CC.CC.Cc1cc2nc3c(nc2c(P)c1C)c1nc2c(P)c(P)c(P)c(P)c2nc1c1nc2c(P)c(P)cc(P)c2nc31. The molecule has 0 aliphatic carbocycles. The average molecular weight is 728 g/mol. The highest BCUT2D eigenvalue weighted by atomic mass is 31.0. The van der Waals surface area contributed by atoms with E-state index in [2.05, 4.69) is 99.9 Å². The Labute approximate surface area is 276 Å². The van der Waals surface area contributed by atoms with Crippen molar-refractivity contribution in [2.45, 2.75) is 41.5 Å². The number of aryl methyl sites for hydroxylation is 1. The molecule has 6 nitrogen and oxygen atoms in total. The molecule has 0 radical (unpaired) electrons. The van der Waals surface area contributed by atoms with Gasteiger partial charge >= 0.3 is 0 Å². The normalized spacial score (nSPS) is 11.4. The highest BCUT2D eigenvalue weighted by Crippen LogP contribution is 2.33. The lowest BCUT2D eigenvalue weighted by molar-refractivity contribution is 1.32. The third-order valence-corrected chi connectivity index (χ3v) is 13.5. The molecule has 0 saturated heterocycles. The van der Waals surface area contributed by atoms with Gasteiger partial charge < -0.3 is 0 Å². The third-order valence-electron chi connectivity index (χ3n) is 7.52. The fourth-order valence-electron chi connectivity index (χ4n) is 5.07. The van der Waals surface area contributed by atoms with Crippen molar-refractivity contribution in [2.24, 2.45) is 0 Å². The van der Waals surface area contributed by atoms with E-state index in [0.717, 1.165) is 81.1 Å². The molecular formula is C30H36N6P8. The molecule has 7 aromatic rings. The van der Waals surface area contributed by atoms with E-state index in [1.54, 1.807) is 0 Å². The van der Waals surface area contributed by atoms with Crippen LogP contribution in [-0.4, -0.2) is 29.9 Å². The molecule has 3 aromatic heterocycles. The summed E-state index contributed by atoms with van der Waals surface area (Å²) in [6.45, 7) is 12.2. The second-order valence-electron chi connectivity index (χ2n) is 9.88. The summed E-state index contributed by atoms with van der Waals surface area (Å²) in [6.07, 6.45) is 0. The van der Waals surface area contributed by atoms with Gasteiger partial charge in [0, 0.05) is 21.2 Å². The summed E-state index contributed by atoms with van der Waals surface area (Å²) < 4.78 is 0. The summed E-state index contributed by atoms with van der Waals surface area (Å²) in [6, 6.07) is 4.17. The van der Waals surface area contributed by atoms with Gasteiger partial charge in [0.1, 0.15) is 33.1 Å². The van der Waals surface area contributed by atoms with Gasteiger partial charge in [-0.1, -0.05) is 27.7 Å². The lowest BCUT2D eigenvalue weighted by Crippen LogP contribution is -2.34. The summed E-state index contributed by atoms with van der Waals surface area (Å²) >= 11 is 0. The zero-order chi connectivity index (χ0) is 32.4. The van der Waals surface area contributed by atoms with Gasteiger partial charge in [0.25, 0.3) is 0 Å². The van der Waals surface area contributed by atoms with Crippen molar-refractivity contribution >= 4 is 183 Å². The Morgan fingerprint density at radius 1 is 0.364 bits per heavy atom. The van der Waals surface area contributed by atoms with E-state index in [0.29, 0.717) is 33.1 Å². The van der Waals surface area contributed by atoms with Crippen molar-refractivity contribution < 1.29 is 0 Å². The fourth-order valence-corrected chi connectivity index (χ4v) is 8.32. The smallest absolute Gasteiger partial charge is 0.120 e. The Morgan fingerprint density at radius 3 is 1.23 bits per heavy atom. The molecule has 4 aromatic carbocycles. The molecule has 44 heavy (non-hydrogen) atoms. The number of hydrogen-bond donors (Lipinski definition) is 0. The molecule has 0 fully saturated rings. The fraction of sp³-hybridized carbons (Fsp3) is 0.200. The Balaban J connectivity index is 0.000000924. The third kappa shape index (κ3) is 5.36. The Morgan fingerprint density at radius 2 is 0.750 bits per heavy atom. The minimum Gasteiger partial charge on any atom is -0.242 e. The van der Waals surface area contributed by atoms with Crippen LogP contribution >= 0.6 is 73.9 Å². The number of fused-ring (bicyclic) bond motifs is 9. The molecule has 8 unspecified atom stereocenters. The number of aromatic nitrogens is 6. The molecule has 0 bridgehead atoms. The standard InChI is InChI=1S/C26H24N6P8.2C2H6/c1-5-3-7-10(21(35)6(5)2)28-13-12(27-7)14-16(30-18-11(29-14)8(33)4-9(34)22(18)36)17-15(13)31-19-20(32-17)24(38)26(40)25(39)23(19)37;2*1-2/h3-4H,33-40H2,1-2H3;2*1-2H3. The molecule has 0 spiro atoms. The Kier molecular flexibility index (Phi) is 10.4. The van der Waals surface area contributed by atoms with Crippen molar-refractivity contribution in [1.29, 1.82) is 0 Å². The quantitative estimate of drug-likeness (QED) is 0.135. The highest BCUT2D eigenvalue weighted by molar-refractivity contribution is 7.43. The van der Waals surface area contributed by atoms with Crippen LogP contribution in [0.15, 0.2) is 12.1 Å². The lowest BCUT2D eigenvalue weighted by atomic mass is 10.1. The second-order valence-corrected chi connectivity index (χ2v) is 14.6. The summed E-state index contributed by atoms with van der Waals surface area (Å²) in [4.78, 5) is 31.2. The predicted octanol–water partition coefficient (Wildman–Crippen LogP) is 3.65. The lowest BCUT2D eigenvalue weighted by Gasteiger charge is -2.16. The molecule has 0 amide bonds. The van der Waals surface area contributed by atoms with Gasteiger partial charge in [0.05, 0.1) is 33.1 Å². The molecule has 7 rings (SSSR count). The zero-order valence-electron chi connectivity index (χ0n) is 25.5. The topological polar surface area (TPSA) is 77.3 Å². The Bertz CT molecular complexity index is 2340. The Hall–Kier alpha value is -0.880. The summed E-state index contributed by atoms with van der Waals surface area (Å²) in [5.74, 6) is 0. The molecule has 8 atom stereocenters. The van der Waals surface area contributed by atoms with Gasteiger partial charge in [0.15, 0.2) is 0 Å². The van der Waals surface area contributed by atoms with Gasteiger partial charge in [-0.2, -0.15) is 0 Å². The van der Waals surface area contributed by atoms with Crippen LogP contribution in [0.2, 0.25) is 0 Å². The number of benzene rings is 4. The first-order valence-corrected chi connectivity index (χ1v) is 18.8. The summed E-state index contributed by atoms with van der Waals surface area (Å²) in [5.41, 5.74) is 11.1. The maximum atomic E-state index is 5.22. The first-order valence-electron chi connectivity index (χ1n) is 14.1. The predicted molar refractivity (Wildman–Crippen MR) is 225 cm³/mol. The van der Waals surface area contributed by atoms with E-state index in [-0.39, 0.29) is 0 Å². The van der Waals surface area contributed by atoms with E-state index < -0.39 is 0 Å². The van der Waals surface area contributed by atoms with Crippen LogP contribution in [0.3, 0.4) is 0 Å². The van der Waals surface area contributed by atoms with E-state index >= 15 is 0 Å². The van der Waals surface area contributed by atoms with Crippen molar-refractivity contribution in [1.82, 2.24) is 29.9 Å².